The van der Waals surface area contributed by atoms with E-state index in [0.717, 1.165) is 28.3 Å². The number of anilines is 1. The molecule has 0 saturated carbocycles. The van der Waals surface area contributed by atoms with Crippen LogP contribution < -0.4 is 10.1 Å². The Morgan fingerprint density at radius 2 is 1.61 bits per heavy atom. The lowest BCUT2D eigenvalue weighted by atomic mass is 10.1. The average Bonchev–Trinajstić information content (AvgIpc) is 3.30. The summed E-state index contributed by atoms with van der Waals surface area (Å²) < 4.78 is 7.70. The number of ether oxygens (including phenoxy) is 1. The van der Waals surface area contributed by atoms with Crippen molar-refractivity contribution in [1.82, 2.24) is 9.55 Å². The number of hydrogen-bond acceptors (Lipinski definition) is 3. The third kappa shape index (κ3) is 5.01. The van der Waals surface area contributed by atoms with Gasteiger partial charge in [0, 0.05) is 29.7 Å². The van der Waals surface area contributed by atoms with E-state index in [1.807, 2.05) is 72.9 Å². The number of nitrogens with one attached hydrogen (secondary N) is 1. The van der Waals surface area contributed by atoms with E-state index in [2.05, 4.69) is 40.8 Å². The van der Waals surface area contributed by atoms with Crippen LogP contribution in [0.5, 0.6) is 5.75 Å². The second-order valence-electron chi connectivity index (χ2n) is 7.58. The number of nitrogens with zero attached hydrogens (tertiary/aromatic N) is 2. The molecule has 4 rings (SSSR count). The first kappa shape index (κ1) is 20.4. The Balaban J connectivity index is 1.32. The predicted octanol–water partition coefficient (Wildman–Crippen LogP) is 5.68. The maximum absolute atomic E-state index is 12.3. The Kier molecular flexibility index (Phi) is 6.13. The van der Waals surface area contributed by atoms with E-state index in [1.54, 1.807) is 6.20 Å². The van der Waals surface area contributed by atoms with Gasteiger partial charge in [0.1, 0.15) is 11.6 Å². The minimum Gasteiger partial charge on any atom is -0.484 e. The zero-order valence-electron chi connectivity index (χ0n) is 17.7. The maximum Gasteiger partial charge on any atom is 0.262 e. The standard InChI is InChI=1S/C26H25N3O2/c1-19(2)26-27-16-17-29(26)23-12-14-24(15-13-23)31-18-25(30)28-22-10-8-21(9-11-22)20-6-4-3-5-7-20/h3-17,19H,18H2,1-2H3,(H,28,30). The van der Waals surface area contributed by atoms with Gasteiger partial charge in [-0.1, -0.05) is 56.3 Å². The van der Waals surface area contributed by atoms with Crippen molar-refractivity contribution in [2.45, 2.75) is 19.8 Å². The molecule has 5 nitrogen and oxygen atoms in total. The lowest BCUT2D eigenvalue weighted by Gasteiger charge is -2.12. The second kappa shape index (κ2) is 9.30. The van der Waals surface area contributed by atoms with E-state index in [1.165, 1.54) is 0 Å². The number of benzene rings is 3. The van der Waals surface area contributed by atoms with Gasteiger partial charge >= 0.3 is 0 Å². The summed E-state index contributed by atoms with van der Waals surface area (Å²) in [5.74, 6) is 1.78. The van der Waals surface area contributed by atoms with Crippen molar-refractivity contribution in [2.75, 3.05) is 11.9 Å². The number of hydrogen-bond donors (Lipinski definition) is 1. The molecule has 1 heterocycles. The number of aromatic nitrogens is 2. The molecule has 1 N–H and O–H groups in total. The third-order valence-corrected chi connectivity index (χ3v) is 4.95. The summed E-state index contributed by atoms with van der Waals surface area (Å²) in [4.78, 5) is 16.7. The second-order valence-corrected chi connectivity index (χ2v) is 7.58. The predicted molar refractivity (Wildman–Crippen MR) is 124 cm³/mol. The SMILES string of the molecule is CC(C)c1nccn1-c1ccc(OCC(=O)Nc2ccc(-c3ccccc3)cc2)cc1. The molecule has 0 aliphatic rings. The molecule has 0 fully saturated rings. The van der Waals surface area contributed by atoms with Gasteiger partial charge in [-0.25, -0.2) is 4.98 Å². The van der Waals surface area contributed by atoms with Crippen molar-refractivity contribution < 1.29 is 9.53 Å². The molecule has 5 heteroatoms. The van der Waals surface area contributed by atoms with Gasteiger partial charge in [0.15, 0.2) is 6.61 Å². The number of carbonyl (C=O) groups excluding carboxylic acids is 1. The van der Waals surface area contributed by atoms with Crippen molar-refractivity contribution in [3.8, 4) is 22.6 Å². The van der Waals surface area contributed by atoms with Crippen LogP contribution in [0.4, 0.5) is 5.69 Å². The molecule has 0 unspecified atom stereocenters. The highest BCUT2D eigenvalue weighted by molar-refractivity contribution is 5.92. The molecule has 1 aromatic heterocycles. The Hall–Kier alpha value is -3.86. The number of imidazole rings is 1. The summed E-state index contributed by atoms with van der Waals surface area (Å²) in [6.07, 6.45) is 3.75. The summed E-state index contributed by atoms with van der Waals surface area (Å²) >= 11 is 0. The van der Waals surface area contributed by atoms with E-state index in [0.29, 0.717) is 11.7 Å². The first-order valence-corrected chi connectivity index (χ1v) is 10.3. The Labute approximate surface area is 182 Å². The van der Waals surface area contributed by atoms with Crippen LogP contribution >= 0.6 is 0 Å². The highest BCUT2D eigenvalue weighted by Crippen LogP contribution is 2.22. The molecule has 0 bridgehead atoms. The van der Waals surface area contributed by atoms with Crippen molar-refractivity contribution in [3.63, 3.8) is 0 Å². The van der Waals surface area contributed by atoms with Gasteiger partial charge in [-0.15, -0.1) is 0 Å². The van der Waals surface area contributed by atoms with Crippen molar-refractivity contribution in [2.24, 2.45) is 0 Å². The van der Waals surface area contributed by atoms with Crippen LogP contribution in [0.3, 0.4) is 0 Å². The first-order chi connectivity index (χ1) is 15.1. The van der Waals surface area contributed by atoms with E-state index < -0.39 is 0 Å². The Morgan fingerprint density at radius 3 is 2.29 bits per heavy atom. The summed E-state index contributed by atoms with van der Waals surface area (Å²) in [7, 11) is 0. The molecular formula is C26H25N3O2. The fraction of sp³-hybridized carbons (Fsp3) is 0.154. The van der Waals surface area contributed by atoms with Crippen LogP contribution in [0.15, 0.2) is 91.3 Å². The smallest absolute Gasteiger partial charge is 0.262 e. The van der Waals surface area contributed by atoms with Gasteiger partial charge in [-0.3, -0.25) is 4.79 Å². The van der Waals surface area contributed by atoms with E-state index >= 15 is 0 Å². The summed E-state index contributed by atoms with van der Waals surface area (Å²) in [5.41, 5.74) is 4.00. The zero-order valence-corrected chi connectivity index (χ0v) is 17.7. The minimum absolute atomic E-state index is 0.0535. The largest absolute Gasteiger partial charge is 0.484 e. The van der Waals surface area contributed by atoms with Gasteiger partial charge in [-0.2, -0.15) is 0 Å². The molecule has 0 atom stereocenters. The summed E-state index contributed by atoms with van der Waals surface area (Å²) in [6, 6.07) is 25.5. The molecule has 156 valence electrons. The highest BCUT2D eigenvalue weighted by Gasteiger charge is 2.09. The third-order valence-electron chi connectivity index (χ3n) is 4.95. The lowest BCUT2D eigenvalue weighted by molar-refractivity contribution is -0.118. The topological polar surface area (TPSA) is 56.2 Å². The maximum atomic E-state index is 12.3. The molecule has 0 aliphatic heterocycles. The fourth-order valence-electron chi connectivity index (χ4n) is 3.39. The van der Waals surface area contributed by atoms with Crippen molar-refractivity contribution >= 4 is 11.6 Å². The summed E-state index contributed by atoms with van der Waals surface area (Å²) in [6.45, 7) is 4.18. The van der Waals surface area contributed by atoms with Gasteiger partial charge in [0.05, 0.1) is 0 Å². The summed E-state index contributed by atoms with van der Waals surface area (Å²) in [5, 5.41) is 2.87. The molecule has 4 aromatic rings. The molecule has 3 aromatic carbocycles. The van der Waals surface area contributed by atoms with Crippen LogP contribution in [0.1, 0.15) is 25.6 Å². The molecule has 0 saturated heterocycles. The molecule has 31 heavy (non-hydrogen) atoms. The molecule has 0 spiro atoms. The van der Waals surface area contributed by atoms with Gasteiger partial charge in [0.2, 0.25) is 0 Å². The van der Waals surface area contributed by atoms with E-state index in [4.69, 9.17) is 4.74 Å². The van der Waals surface area contributed by atoms with Gasteiger partial charge in [-0.05, 0) is 47.5 Å². The molecule has 0 radical (unpaired) electrons. The Morgan fingerprint density at radius 1 is 0.935 bits per heavy atom. The van der Waals surface area contributed by atoms with Crippen LogP contribution in [0.2, 0.25) is 0 Å². The quantitative estimate of drug-likeness (QED) is 0.426. The minimum atomic E-state index is -0.201. The normalized spacial score (nSPS) is 10.8. The fourth-order valence-corrected chi connectivity index (χ4v) is 3.39. The van der Waals surface area contributed by atoms with Crippen LogP contribution in [0, 0.1) is 0 Å². The van der Waals surface area contributed by atoms with E-state index in [-0.39, 0.29) is 12.5 Å². The van der Waals surface area contributed by atoms with Crippen LogP contribution in [-0.2, 0) is 4.79 Å². The van der Waals surface area contributed by atoms with Gasteiger partial charge < -0.3 is 14.6 Å². The first-order valence-electron chi connectivity index (χ1n) is 10.3. The Bertz CT molecular complexity index is 1130. The number of amides is 1. The highest BCUT2D eigenvalue weighted by atomic mass is 16.5. The average molecular weight is 412 g/mol. The van der Waals surface area contributed by atoms with E-state index in [9.17, 15) is 4.79 Å². The van der Waals surface area contributed by atoms with Crippen molar-refractivity contribution in [1.29, 1.82) is 0 Å². The monoisotopic (exact) mass is 411 g/mol. The lowest BCUT2D eigenvalue weighted by Crippen LogP contribution is -2.20. The number of carbonyl (C=O) groups is 1. The zero-order chi connectivity index (χ0) is 21.6. The van der Waals surface area contributed by atoms with Gasteiger partial charge in [0.25, 0.3) is 5.91 Å². The van der Waals surface area contributed by atoms with Crippen molar-refractivity contribution in [3.05, 3.63) is 97.1 Å². The number of rotatable bonds is 7. The molecule has 1 amide bonds. The molecule has 0 aliphatic carbocycles. The molecular weight excluding hydrogens is 386 g/mol. The van der Waals surface area contributed by atoms with Crippen LogP contribution in [0.25, 0.3) is 16.8 Å². The van der Waals surface area contributed by atoms with Crippen LogP contribution in [-0.4, -0.2) is 22.1 Å².